The molecule has 0 aliphatic carbocycles. The van der Waals surface area contributed by atoms with E-state index in [1.165, 1.54) is 4.90 Å². The number of aryl methyl sites for hydroxylation is 1. The minimum absolute atomic E-state index is 0.00423. The van der Waals surface area contributed by atoms with Gasteiger partial charge in [-0.1, -0.05) is 11.6 Å². The van der Waals surface area contributed by atoms with Crippen molar-refractivity contribution in [3.8, 4) is 0 Å². The van der Waals surface area contributed by atoms with Crippen LogP contribution in [0.3, 0.4) is 0 Å². The third-order valence-electron chi connectivity index (χ3n) is 2.67. The summed E-state index contributed by atoms with van der Waals surface area (Å²) in [5.41, 5.74) is 1.22. The zero-order valence-corrected chi connectivity index (χ0v) is 13.8. The van der Waals surface area contributed by atoms with E-state index < -0.39 is 0 Å². The van der Waals surface area contributed by atoms with E-state index in [1.807, 2.05) is 27.7 Å². The predicted molar refractivity (Wildman–Crippen MR) is 85.7 cm³/mol. The van der Waals surface area contributed by atoms with Gasteiger partial charge in [0.1, 0.15) is 6.54 Å². The molecule has 3 amide bonds. The fraction of sp³-hybridized carbons (Fsp3) is 0.467. The van der Waals surface area contributed by atoms with Crippen LogP contribution in [0.15, 0.2) is 18.2 Å². The number of urea groups is 1. The molecule has 0 saturated carbocycles. The SMILES string of the molecule is Cc1cc(Cl)ccc1NC(=O)N(C)CC(=O)NC(C)(C)C. The fourth-order valence-corrected chi connectivity index (χ4v) is 1.95. The second-order valence-corrected chi connectivity index (χ2v) is 6.48. The second kappa shape index (κ2) is 6.80. The van der Waals surface area contributed by atoms with E-state index in [0.29, 0.717) is 10.7 Å². The van der Waals surface area contributed by atoms with E-state index in [-0.39, 0.29) is 24.0 Å². The molecular weight excluding hydrogens is 290 g/mol. The number of hydrogen-bond acceptors (Lipinski definition) is 2. The zero-order chi connectivity index (χ0) is 16.2. The highest BCUT2D eigenvalue weighted by molar-refractivity contribution is 6.30. The Morgan fingerprint density at radius 3 is 2.43 bits per heavy atom. The van der Waals surface area contributed by atoms with Crippen LogP contribution in [-0.2, 0) is 4.79 Å². The third kappa shape index (κ3) is 6.04. The standard InChI is InChI=1S/C15H22ClN3O2/c1-10-8-11(16)6-7-12(10)17-14(21)19(5)9-13(20)18-15(2,3)4/h6-8H,9H2,1-5H3,(H,17,21)(H,18,20). The van der Waals surface area contributed by atoms with Crippen LogP contribution in [0, 0.1) is 6.92 Å². The summed E-state index contributed by atoms with van der Waals surface area (Å²) < 4.78 is 0. The summed E-state index contributed by atoms with van der Waals surface area (Å²) in [4.78, 5) is 25.2. The largest absolute Gasteiger partial charge is 0.350 e. The summed E-state index contributed by atoms with van der Waals surface area (Å²) in [6, 6.07) is 4.86. The average Bonchev–Trinajstić information content (AvgIpc) is 2.29. The molecule has 0 aliphatic heterocycles. The molecule has 116 valence electrons. The molecule has 2 N–H and O–H groups in total. The first kappa shape index (κ1) is 17.3. The van der Waals surface area contributed by atoms with Crippen molar-refractivity contribution in [2.24, 2.45) is 0 Å². The molecule has 0 radical (unpaired) electrons. The number of likely N-dealkylation sites (N-methyl/N-ethyl adjacent to an activating group) is 1. The van der Waals surface area contributed by atoms with Crippen LogP contribution in [0.4, 0.5) is 10.5 Å². The zero-order valence-electron chi connectivity index (χ0n) is 13.1. The molecule has 0 spiro atoms. The maximum Gasteiger partial charge on any atom is 0.322 e. The van der Waals surface area contributed by atoms with Gasteiger partial charge in [0.05, 0.1) is 0 Å². The minimum Gasteiger partial charge on any atom is -0.350 e. The lowest BCUT2D eigenvalue weighted by Gasteiger charge is -2.23. The van der Waals surface area contributed by atoms with Gasteiger partial charge in [-0.15, -0.1) is 0 Å². The van der Waals surface area contributed by atoms with Crippen LogP contribution in [0.5, 0.6) is 0 Å². The van der Waals surface area contributed by atoms with Crippen molar-refractivity contribution >= 4 is 29.2 Å². The molecule has 0 atom stereocenters. The number of halogens is 1. The molecule has 0 unspecified atom stereocenters. The van der Waals surface area contributed by atoms with Crippen LogP contribution < -0.4 is 10.6 Å². The fourth-order valence-electron chi connectivity index (χ4n) is 1.72. The van der Waals surface area contributed by atoms with Crippen molar-refractivity contribution in [3.63, 3.8) is 0 Å². The van der Waals surface area contributed by atoms with Gasteiger partial charge < -0.3 is 15.5 Å². The number of carbonyl (C=O) groups excluding carboxylic acids is 2. The van der Waals surface area contributed by atoms with Crippen LogP contribution in [0.1, 0.15) is 26.3 Å². The minimum atomic E-state index is -0.343. The third-order valence-corrected chi connectivity index (χ3v) is 2.91. The van der Waals surface area contributed by atoms with Crippen molar-refractivity contribution in [2.75, 3.05) is 18.9 Å². The van der Waals surface area contributed by atoms with Gasteiger partial charge in [0.25, 0.3) is 0 Å². The normalized spacial score (nSPS) is 11.0. The molecule has 1 rings (SSSR count). The molecule has 5 nitrogen and oxygen atoms in total. The number of rotatable bonds is 3. The van der Waals surface area contributed by atoms with Gasteiger partial charge in [0.15, 0.2) is 0 Å². The smallest absolute Gasteiger partial charge is 0.322 e. The first-order chi connectivity index (χ1) is 9.58. The van der Waals surface area contributed by atoms with Gasteiger partial charge in [-0.25, -0.2) is 4.79 Å². The Morgan fingerprint density at radius 1 is 1.29 bits per heavy atom. The number of amides is 3. The number of nitrogens with zero attached hydrogens (tertiary/aromatic N) is 1. The van der Waals surface area contributed by atoms with Crippen LogP contribution >= 0.6 is 11.6 Å². The van der Waals surface area contributed by atoms with Crippen molar-refractivity contribution in [3.05, 3.63) is 28.8 Å². The Hall–Kier alpha value is -1.75. The lowest BCUT2D eigenvalue weighted by molar-refractivity contribution is -0.122. The van der Waals surface area contributed by atoms with Gasteiger partial charge in [0, 0.05) is 23.3 Å². The Kier molecular flexibility index (Phi) is 5.61. The number of anilines is 1. The highest BCUT2D eigenvalue weighted by Crippen LogP contribution is 2.19. The number of carbonyl (C=O) groups is 2. The molecule has 6 heteroatoms. The summed E-state index contributed by atoms with van der Waals surface area (Å²) in [7, 11) is 1.57. The maximum absolute atomic E-state index is 12.1. The lowest BCUT2D eigenvalue weighted by Crippen LogP contribution is -2.47. The van der Waals surface area contributed by atoms with E-state index in [0.717, 1.165) is 5.56 Å². The first-order valence-electron chi connectivity index (χ1n) is 6.68. The van der Waals surface area contributed by atoms with Crippen molar-refractivity contribution < 1.29 is 9.59 Å². The summed E-state index contributed by atoms with van der Waals surface area (Å²) in [6.45, 7) is 7.52. The highest BCUT2D eigenvalue weighted by Gasteiger charge is 2.18. The molecule has 1 aromatic carbocycles. The van der Waals surface area contributed by atoms with Gasteiger partial charge in [0.2, 0.25) is 5.91 Å². The van der Waals surface area contributed by atoms with Crippen LogP contribution in [-0.4, -0.2) is 36.0 Å². The van der Waals surface area contributed by atoms with Gasteiger partial charge >= 0.3 is 6.03 Å². The number of benzene rings is 1. The Bertz CT molecular complexity index is 538. The summed E-state index contributed by atoms with van der Waals surface area (Å²) in [6.07, 6.45) is 0. The topological polar surface area (TPSA) is 61.4 Å². The monoisotopic (exact) mass is 311 g/mol. The van der Waals surface area contributed by atoms with Crippen LogP contribution in [0.25, 0.3) is 0 Å². The molecule has 0 heterocycles. The average molecular weight is 312 g/mol. The molecule has 0 bridgehead atoms. The summed E-state index contributed by atoms with van der Waals surface area (Å²) in [5, 5.41) is 6.18. The number of nitrogens with one attached hydrogen (secondary N) is 2. The Labute approximate surface area is 130 Å². The highest BCUT2D eigenvalue weighted by atomic mass is 35.5. The molecule has 0 saturated heterocycles. The van der Waals surface area contributed by atoms with E-state index in [1.54, 1.807) is 25.2 Å². The van der Waals surface area contributed by atoms with E-state index >= 15 is 0 Å². The maximum atomic E-state index is 12.1. The predicted octanol–water partition coefficient (Wildman–Crippen LogP) is 3.03. The number of hydrogen-bond donors (Lipinski definition) is 2. The second-order valence-electron chi connectivity index (χ2n) is 6.04. The molecular formula is C15H22ClN3O2. The molecule has 21 heavy (non-hydrogen) atoms. The summed E-state index contributed by atoms with van der Waals surface area (Å²) >= 11 is 5.87. The van der Waals surface area contributed by atoms with E-state index in [9.17, 15) is 9.59 Å². The summed E-state index contributed by atoms with van der Waals surface area (Å²) in [5.74, 6) is -0.201. The lowest BCUT2D eigenvalue weighted by atomic mass is 10.1. The molecule has 1 aromatic rings. The van der Waals surface area contributed by atoms with Crippen molar-refractivity contribution in [1.82, 2.24) is 10.2 Å². The van der Waals surface area contributed by atoms with Gasteiger partial charge in [-0.05, 0) is 51.5 Å². The van der Waals surface area contributed by atoms with Gasteiger partial charge in [-0.3, -0.25) is 4.79 Å². The van der Waals surface area contributed by atoms with Crippen LogP contribution in [0.2, 0.25) is 5.02 Å². The van der Waals surface area contributed by atoms with Crippen molar-refractivity contribution in [1.29, 1.82) is 0 Å². The molecule has 0 aromatic heterocycles. The van der Waals surface area contributed by atoms with Gasteiger partial charge in [-0.2, -0.15) is 0 Å². The first-order valence-corrected chi connectivity index (χ1v) is 7.05. The van der Waals surface area contributed by atoms with E-state index in [4.69, 9.17) is 11.6 Å². The quantitative estimate of drug-likeness (QED) is 0.901. The van der Waals surface area contributed by atoms with Crippen molar-refractivity contribution in [2.45, 2.75) is 33.2 Å². The van der Waals surface area contributed by atoms with E-state index in [2.05, 4.69) is 10.6 Å². The Morgan fingerprint density at radius 2 is 1.90 bits per heavy atom. The molecule has 0 fully saturated rings. The molecule has 0 aliphatic rings. The Balaban J connectivity index is 2.61.